The molecule has 32 heavy (non-hydrogen) atoms. The average Bonchev–Trinajstić information content (AvgIpc) is 3.29. The van der Waals surface area contributed by atoms with Crippen molar-refractivity contribution in [2.75, 3.05) is 19.3 Å². The molecule has 2 aromatic heterocycles. The second kappa shape index (κ2) is 9.70. The van der Waals surface area contributed by atoms with E-state index in [4.69, 9.17) is 28.2 Å². The number of nitrogens with zero attached hydrogens (tertiary/aromatic N) is 5. The van der Waals surface area contributed by atoms with Crippen LogP contribution < -0.4 is 0 Å². The lowest BCUT2D eigenvalue weighted by atomic mass is 9.97. The molecule has 1 aliphatic heterocycles. The standard InChI is InChI=1S/C20H17Cl2N5O3S2/c1-31-20-23-9-14(22)17(25-20)19(28)26-6-4-11(5-7-26)18-24-15(10-32-18)12-2-3-13(21)16(8-12)27(29)30/h2-3,8-11H,4-7H2,1H3. The van der Waals surface area contributed by atoms with Crippen molar-refractivity contribution in [3.8, 4) is 11.3 Å². The summed E-state index contributed by atoms with van der Waals surface area (Å²) in [7, 11) is 0. The molecule has 0 bridgehead atoms. The fourth-order valence-electron chi connectivity index (χ4n) is 3.50. The van der Waals surface area contributed by atoms with Crippen LogP contribution in [0.15, 0.2) is 34.9 Å². The molecule has 1 aromatic carbocycles. The summed E-state index contributed by atoms with van der Waals surface area (Å²) in [5.41, 5.74) is 1.42. The van der Waals surface area contributed by atoms with Crippen LogP contribution in [0, 0.1) is 10.1 Å². The minimum Gasteiger partial charge on any atom is -0.337 e. The van der Waals surface area contributed by atoms with E-state index in [1.165, 1.54) is 41.4 Å². The molecular weight excluding hydrogens is 493 g/mol. The largest absolute Gasteiger partial charge is 0.337 e. The van der Waals surface area contributed by atoms with Crippen LogP contribution in [0.3, 0.4) is 0 Å². The zero-order chi connectivity index (χ0) is 22.8. The molecule has 3 heterocycles. The molecule has 4 rings (SSSR count). The molecule has 0 atom stereocenters. The van der Waals surface area contributed by atoms with Crippen molar-refractivity contribution in [1.82, 2.24) is 19.9 Å². The number of amides is 1. The Bertz CT molecular complexity index is 1180. The number of halogens is 2. The van der Waals surface area contributed by atoms with Gasteiger partial charge in [-0.15, -0.1) is 11.3 Å². The molecule has 1 saturated heterocycles. The predicted octanol–water partition coefficient (Wildman–Crippen LogP) is 5.56. The van der Waals surface area contributed by atoms with Gasteiger partial charge < -0.3 is 4.90 Å². The van der Waals surface area contributed by atoms with Crippen LogP contribution in [-0.2, 0) is 0 Å². The molecule has 1 aliphatic rings. The average molecular weight is 510 g/mol. The molecule has 0 aliphatic carbocycles. The van der Waals surface area contributed by atoms with Crippen molar-refractivity contribution >= 4 is 57.9 Å². The lowest BCUT2D eigenvalue weighted by molar-refractivity contribution is -0.384. The predicted molar refractivity (Wildman–Crippen MR) is 126 cm³/mol. The summed E-state index contributed by atoms with van der Waals surface area (Å²) in [6.07, 6.45) is 4.82. The number of carbonyl (C=O) groups is 1. The Morgan fingerprint density at radius 1 is 1.25 bits per heavy atom. The third-order valence-corrected chi connectivity index (χ3v) is 7.36. The molecule has 0 spiro atoms. The van der Waals surface area contributed by atoms with Gasteiger partial charge in [0.1, 0.15) is 5.02 Å². The fourth-order valence-corrected chi connectivity index (χ4v) is 5.20. The first-order chi connectivity index (χ1) is 15.4. The van der Waals surface area contributed by atoms with Crippen LogP contribution in [0.1, 0.15) is 34.3 Å². The minimum absolute atomic E-state index is 0.0969. The van der Waals surface area contributed by atoms with E-state index in [9.17, 15) is 14.9 Å². The molecule has 166 valence electrons. The Morgan fingerprint density at radius 2 is 2.00 bits per heavy atom. The van der Waals surface area contributed by atoms with E-state index < -0.39 is 4.92 Å². The van der Waals surface area contributed by atoms with Crippen LogP contribution >= 0.6 is 46.3 Å². The number of thioether (sulfide) groups is 1. The number of carbonyl (C=O) groups excluding carboxylic acids is 1. The number of likely N-dealkylation sites (tertiary alicyclic amines) is 1. The number of nitro benzene ring substituents is 1. The van der Waals surface area contributed by atoms with Crippen LogP contribution in [-0.4, -0.2) is 50.0 Å². The van der Waals surface area contributed by atoms with Gasteiger partial charge in [0.15, 0.2) is 10.9 Å². The third-order valence-electron chi connectivity index (χ3n) is 5.20. The smallest absolute Gasteiger partial charge is 0.288 e. The summed E-state index contributed by atoms with van der Waals surface area (Å²) in [5, 5.41) is 14.9. The van der Waals surface area contributed by atoms with Crippen molar-refractivity contribution in [2.45, 2.75) is 23.9 Å². The molecule has 0 radical (unpaired) electrons. The van der Waals surface area contributed by atoms with Gasteiger partial charge in [-0.1, -0.05) is 41.0 Å². The maximum absolute atomic E-state index is 12.9. The molecule has 0 saturated carbocycles. The number of hydrogen-bond donors (Lipinski definition) is 0. The van der Waals surface area contributed by atoms with E-state index in [0.29, 0.717) is 29.5 Å². The van der Waals surface area contributed by atoms with Crippen LogP contribution in [0.2, 0.25) is 10.0 Å². The number of piperidine rings is 1. The van der Waals surface area contributed by atoms with Gasteiger partial charge in [-0.05, 0) is 25.2 Å². The van der Waals surface area contributed by atoms with E-state index in [1.54, 1.807) is 11.0 Å². The second-order valence-corrected chi connectivity index (χ2v) is 9.59. The first-order valence-electron chi connectivity index (χ1n) is 9.63. The Morgan fingerprint density at radius 3 is 2.69 bits per heavy atom. The Hall–Kier alpha value is -2.27. The van der Waals surface area contributed by atoms with E-state index in [1.807, 2.05) is 11.6 Å². The van der Waals surface area contributed by atoms with Crippen molar-refractivity contribution in [1.29, 1.82) is 0 Å². The lowest BCUT2D eigenvalue weighted by Gasteiger charge is -2.31. The normalized spacial score (nSPS) is 14.5. The number of nitro groups is 1. The first kappa shape index (κ1) is 22.9. The zero-order valence-electron chi connectivity index (χ0n) is 16.8. The zero-order valence-corrected chi connectivity index (χ0v) is 20.0. The van der Waals surface area contributed by atoms with Crippen molar-refractivity contribution in [2.24, 2.45) is 0 Å². The maximum atomic E-state index is 12.9. The second-order valence-electron chi connectivity index (χ2n) is 7.11. The summed E-state index contributed by atoms with van der Waals surface area (Å²) in [5.74, 6) is 0.0159. The highest BCUT2D eigenvalue weighted by Gasteiger charge is 2.28. The SMILES string of the molecule is CSc1ncc(Cl)c(C(=O)N2CCC(c3nc(-c4ccc(Cl)c([N+](=O)[O-])c4)cs3)CC2)n1. The van der Waals surface area contributed by atoms with E-state index in [-0.39, 0.29) is 33.3 Å². The molecule has 1 amide bonds. The summed E-state index contributed by atoms with van der Waals surface area (Å²) >= 11 is 14.9. The highest BCUT2D eigenvalue weighted by molar-refractivity contribution is 7.98. The van der Waals surface area contributed by atoms with Crippen LogP contribution in [0.4, 0.5) is 5.69 Å². The molecule has 1 fully saturated rings. The topological polar surface area (TPSA) is 102 Å². The summed E-state index contributed by atoms with van der Waals surface area (Å²) in [6.45, 7) is 1.14. The van der Waals surface area contributed by atoms with Gasteiger partial charge in [-0.25, -0.2) is 15.0 Å². The molecular formula is C20H17Cl2N5O3S2. The van der Waals surface area contributed by atoms with Gasteiger partial charge in [0.25, 0.3) is 11.6 Å². The van der Waals surface area contributed by atoms with E-state index in [0.717, 1.165) is 17.8 Å². The monoisotopic (exact) mass is 509 g/mol. The quantitative estimate of drug-likeness (QED) is 0.192. The van der Waals surface area contributed by atoms with Crippen molar-refractivity contribution in [3.05, 3.63) is 60.6 Å². The number of thiazole rings is 1. The van der Waals surface area contributed by atoms with Gasteiger partial charge in [-0.2, -0.15) is 0 Å². The van der Waals surface area contributed by atoms with Gasteiger partial charge >= 0.3 is 0 Å². The minimum atomic E-state index is -0.502. The summed E-state index contributed by atoms with van der Waals surface area (Å²) in [4.78, 5) is 38.4. The van der Waals surface area contributed by atoms with Crippen LogP contribution in [0.5, 0.6) is 0 Å². The number of rotatable bonds is 5. The number of aromatic nitrogens is 3. The molecule has 8 nitrogen and oxygen atoms in total. The highest BCUT2D eigenvalue weighted by Crippen LogP contribution is 2.35. The summed E-state index contributed by atoms with van der Waals surface area (Å²) < 4.78 is 0. The molecule has 3 aromatic rings. The molecule has 0 unspecified atom stereocenters. The van der Waals surface area contributed by atoms with E-state index >= 15 is 0 Å². The van der Waals surface area contributed by atoms with Crippen molar-refractivity contribution in [3.63, 3.8) is 0 Å². The Labute approximate surface area is 202 Å². The lowest BCUT2D eigenvalue weighted by Crippen LogP contribution is -2.38. The first-order valence-corrected chi connectivity index (χ1v) is 12.5. The van der Waals surface area contributed by atoms with Gasteiger partial charge in [0.2, 0.25) is 0 Å². The number of benzene rings is 1. The van der Waals surface area contributed by atoms with Crippen LogP contribution in [0.25, 0.3) is 11.3 Å². The molecule has 12 heteroatoms. The summed E-state index contributed by atoms with van der Waals surface area (Å²) in [6, 6.07) is 4.68. The third kappa shape index (κ3) is 4.73. The van der Waals surface area contributed by atoms with E-state index in [2.05, 4.69) is 9.97 Å². The van der Waals surface area contributed by atoms with Gasteiger partial charge in [0, 0.05) is 36.0 Å². The Balaban J connectivity index is 1.45. The molecule has 0 N–H and O–H groups in total. The van der Waals surface area contributed by atoms with Gasteiger partial charge in [0.05, 0.1) is 26.8 Å². The highest BCUT2D eigenvalue weighted by atomic mass is 35.5. The van der Waals surface area contributed by atoms with Crippen molar-refractivity contribution < 1.29 is 9.72 Å². The van der Waals surface area contributed by atoms with Gasteiger partial charge in [-0.3, -0.25) is 14.9 Å². The number of hydrogen-bond acceptors (Lipinski definition) is 8. The maximum Gasteiger partial charge on any atom is 0.288 e. The fraction of sp³-hybridized carbons (Fsp3) is 0.300. The Kier molecular flexibility index (Phi) is 6.94.